The second-order valence-electron chi connectivity index (χ2n) is 9.22. The van der Waals surface area contributed by atoms with Crippen molar-refractivity contribution in [2.75, 3.05) is 0 Å². The van der Waals surface area contributed by atoms with E-state index in [1.807, 2.05) is 42.5 Å². The average Bonchev–Trinajstić information content (AvgIpc) is 3.39. The molecule has 1 atom stereocenters. The molecule has 41 heavy (non-hydrogen) atoms. The fraction of sp³-hybridized carbons (Fsp3) is 0.129. The van der Waals surface area contributed by atoms with Gasteiger partial charge in [-0.15, -0.1) is 0 Å². The number of halogens is 7. The van der Waals surface area contributed by atoms with Crippen LogP contribution in [0, 0.1) is 0 Å². The van der Waals surface area contributed by atoms with E-state index in [0.717, 1.165) is 11.1 Å². The Hall–Kier alpha value is -1.48. The van der Waals surface area contributed by atoms with Crippen LogP contribution in [-0.2, 0) is 17.9 Å². The molecule has 5 rings (SSSR count). The minimum atomic E-state index is -0.545. The molecule has 0 saturated heterocycles. The van der Waals surface area contributed by atoms with Gasteiger partial charge in [-0.25, -0.2) is 0 Å². The number of rotatable bonds is 10. The van der Waals surface area contributed by atoms with Gasteiger partial charge in [-0.2, -0.15) is 0 Å². The summed E-state index contributed by atoms with van der Waals surface area (Å²) >= 11 is 37.1. The summed E-state index contributed by atoms with van der Waals surface area (Å²) in [5.41, 5.74) is 4.10. The Morgan fingerprint density at radius 2 is 1.24 bits per heavy atom. The molecule has 0 aliphatic heterocycles. The summed E-state index contributed by atoms with van der Waals surface area (Å²) in [7, 11) is 0. The molecule has 0 radical (unpaired) electrons. The van der Waals surface area contributed by atoms with E-state index in [2.05, 4.69) is 50.3 Å². The van der Waals surface area contributed by atoms with Gasteiger partial charge in [0.2, 0.25) is 0 Å². The summed E-state index contributed by atoms with van der Waals surface area (Å²) in [6.45, 7) is 0.832. The molecule has 1 heterocycles. The number of nitrogens with zero attached hydrogens (tertiary/aromatic N) is 2. The quantitative estimate of drug-likeness (QED) is 0.108. The third-order valence-electron chi connectivity index (χ3n) is 6.34. The zero-order valence-corrected chi connectivity index (χ0v) is 28.0. The van der Waals surface area contributed by atoms with E-state index in [0.29, 0.717) is 43.3 Å². The number of imidazole rings is 1. The molecule has 0 spiro atoms. The van der Waals surface area contributed by atoms with E-state index in [9.17, 15) is 0 Å². The van der Waals surface area contributed by atoms with Crippen LogP contribution < -0.4 is 24.3 Å². The molecule has 0 aliphatic carbocycles. The average molecular weight is 779 g/mol. The van der Waals surface area contributed by atoms with Crippen LogP contribution in [0.3, 0.4) is 0 Å². The van der Waals surface area contributed by atoms with Crippen molar-refractivity contribution in [2.45, 2.75) is 23.2 Å². The molecule has 10 heteroatoms. The van der Waals surface area contributed by atoms with Gasteiger partial charge in [0.25, 0.3) is 0 Å². The second-order valence-corrected chi connectivity index (χ2v) is 14.7. The van der Waals surface area contributed by atoms with Crippen LogP contribution in [0.25, 0.3) is 0 Å². The molecule has 0 aliphatic rings. The summed E-state index contributed by atoms with van der Waals surface area (Å²) in [5, 5.41) is 3.67. The van der Waals surface area contributed by atoms with Crippen molar-refractivity contribution < 1.29 is 29.0 Å². The van der Waals surface area contributed by atoms with Gasteiger partial charge in [-0.3, -0.25) is 0 Å². The first kappa shape index (κ1) is 31.0. The maximum absolute atomic E-state index is 6.62. The van der Waals surface area contributed by atoms with Gasteiger partial charge < -0.3 is 0 Å². The van der Waals surface area contributed by atoms with Gasteiger partial charge >= 0.3 is 282 Å². The monoisotopic (exact) mass is 776 g/mol. The molecule has 4 aromatic carbocycles. The Morgan fingerprint density at radius 1 is 0.683 bits per heavy atom. The molecule has 3 nitrogen and oxygen atoms in total. The Labute approximate surface area is 280 Å². The van der Waals surface area contributed by atoms with Gasteiger partial charge in [0.05, 0.1) is 0 Å². The Balaban J connectivity index is 1.39. The van der Waals surface area contributed by atoms with E-state index in [-0.39, 0.29) is 10.0 Å². The minimum absolute atomic E-state index is 0.203. The van der Waals surface area contributed by atoms with E-state index in [1.54, 1.807) is 18.2 Å². The predicted octanol–water partition coefficient (Wildman–Crippen LogP) is 7.30. The second kappa shape index (κ2) is 14.3. The number of hydrogen-bond acceptors (Lipinski definition) is 1. The number of ether oxygens (including phenoxy) is 1. The molecule has 1 aromatic heterocycles. The van der Waals surface area contributed by atoms with Gasteiger partial charge in [0.15, 0.2) is 0 Å². The van der Waals surface area contributed by atoms with Crippen molar-refractivity contribution in [3.8, 4) is 0 Å². The summed E-state index contributed by atoms with van der Waals surface area (Å²) in [6, 6.07) is 26.9. The topological polar surface area (TPSA) is 18.0 Å². The number of hydrogen-bond donors (Lipinski definition) is 0. The van der Waals surface area contributed by atoms with Crippen LogP contribution in [0.2, 0.25) is 30.1 Å². The van der Waals surface area contributed by atoms with Crippen molar-refractivity contribution in [2.24, 2.45) is 0 Å². The van der Waals surface area contributed by atoms with Crippen LogP contribution in [0.15, 0.2) is 104 Å². The third-order valence-corrected chi connectivity index (χ3v) is 11.2. The summed E-state index contributed by atoms with van der Waals surface area (Å²) in [5.74, 6) is 0. The number of aromatic nitrogens is 2. The van der Waals surface area contributed by atoms with Crippen molar-refractivity contribution in [3.05, 3.63) is 156 Å². The zero-order valence-electron chi connectivity index (χ0n) is 21.3. The molecule has 0 saturated carbocycles. The van der Waals surface area contributed by atoms with Crippen LogP contribution >= 0.6 is 69.6 Å². The molecule has 5 aromatic rings. The van der Waals surface area contributed by atoms with Crippen LogP contribution in [0.5, 0.6) is 0 Å². The van der Waals surface area contributed by atoms with Crippen LogP contribution in [0.1, 0.15) is 32.3 Å². The first-order chi connectivity index (χ1) is 19.7. The van der Waals surface area contributed by atoms with Gasteiger partial charge in [-0.1, -0.05) is 0 Å². The fourth-order valence-corrected chi connectivity index (χ4v) is 8.39. The van der Waals surface area contributed by atoms with Crippen molar-refractivity contribution in [1.29, 1.82) is 0 Å². The summed E-state index contributed by atoms with van der Waals surface area (Å²) < 4.78 is 11.0. The molecule has 0 bridgehead atoms. The molecule has 0 fully saturated rings. The first-order valence-electron chi connectivity index (χ1n) is 12.5. The Kier molecular flexibility index (Phi) is 10.8. The van der Waals surface area contributed by atoms with Crippen molar-refractivity contribution in [1.82, 2.24) is 4.57 Å². The van der Waals surface area contributed by atoms with Gasteiger partial charge in [-0.05, 0) is 0 Å². The molecule has 0 N–H and O–H groups in total. The van der Waals surface area contributed by atoms with Crippen LogP contribution in [0.4, 0.5) is 0 Å². The maximum atomic E-state index is 6.62. The number of alkyl halides is 1. The van der Waals surface area contributed by atoms with Gasteiger partial charge in [0.1, 0.15) is 0 Å². The molecular formula is C31H23Cl6IN2O. The molecular weight excluding hydrogens is 756 g/mol. The molecule has 0 amide bonds. The first-order valence-corrected chi connectivity index (χ1v) is 17.0. The number of benzene rings is 4. The molecule has 1 unspecified atom stereocenters. The summed E-state index contributed by atoms with van der Waals surface area (Å²) in [4.78, 5) is 0. The van der Waals surface area contributed by atoms with E-state index in [4.69, 9.17) is 74.3 Å². The van der Waals surface area contributed by atoms with E-state index < -0.39 is 21.5 Å². The van der Waals surface area contributed by atoms with Crippen molar-refractivity contribution in [3.63, 3.8) is 0 Å². The van der Waals surface area contributed by atoms with E-state index in [1.165, 1.54) is 11.1 Å². The van der Waals surface area contributed by atoms with Gasteiger partial charge in [0, 0.05) is 0 Å². The Bertz CT molecular complexity index is 1580. The third kappa shape index (κ3) is 8.33. The summed E-state index contributed by atoms with van der Waals surface area (Å²) in [6.07, 6.45) is 5.91. The Morgan fingerprint density at radius 3 is 1.83 bits per heavy atom. The van der Waals surface area contributed by atoms with Crippen LogP contribution in [-0.4, -0.2) is 4.57 Å². The normalized spacial score (nSPS) is 12.3. The molecule has 212 valence electrons. The SMILES string of the molecule is Clc1ccc(C([I-][n+]2ccn(CC(OCc3ccc(Cl)cc3Cl)c3ccc(Cl)cc3Cl)c2)c2ccc(Cl)cc2)cc1. The van der Waals surface area contributed by atoms with E-state index >= 15 is 0 Å². The zero-order chi connectivity index (χ0) is 28.9. The standard InChI is InChI=1S/C31H23Cl6IN2O/c32-23-6-1-20(2-7-23)31(21-3-8-24(33)9-4-21)38-40-14-13-39(19-40)17-30(27-12-11-26(35)16-29(27)37)41-18-22-5-10-25(34)15-28(22)36/h1-16,19,30-31H,17-18H2. The predicted molar refractivity (Wildman–Crippen MR) is 165 cm³/mol. The van der Waals surface area contributed by atoms with Crippen molar-refractivity contribution >= 4 is 69.6 Å². The fourth-order valence-electron chi connectivity index (χ4n) is 4.24.